The lowest BCUT2D eigenvalue weighted by molar-refractivity contribution is 0.664. The molecule has 0 aliphatic carbocycles. The van der Waals surface area contributed by atoms with Gasteiger partial charge in [-0.2, -0.15) is 0 Å². The first-order chi connectivity index (χ1) is 32.6. The van der Waals surface area contributed by atoms with Crippen LogP contribution in [0.1, 0.15) is 0 Å². The van der Waals surface area contributed by atoms with Crippen LogP contribution in [0, 0.1) is 0 Å². The Morgan fingerprint density at radius 1 is 0.152 bits per heavy atom. The van der Waals surface area contributed by atoms with Gasteiger partial charge in [-0.15, -0.1) is 0 Å². The summed E-state index contributed by atoms with van der Waals surface area (Å²) in [5.41, 5.74) is 16.5. The van der Waals surface area contributed by atoms with E-state index in [9.17, 15) is 0 Å². The minimum absolute atomic E-state index is 0.828. The SMILES string of the molecule is c1ccc2c(c1)oc1cc3c(cc12)oc1ccc(-c2cc(-c4ccc5oc6cc7c(cc6c5c4)oc4ccccc47)cc(-c4ccc5oc6cc7c(cc6c5c4)oc4ccccc47)c2)cc13. The molecular formula is C60H30O6. The van der Waals surface area contributed by atoms with Crippen LogP contribution in [0.15, 0.2) is 208 Å². The van der Waals surface area contributed by atoms with Crippen molar-refractivity contribution >= 4 is 132 Å². The van der Waals surface area contributed by atoms with Gasteiger partial charge in [-0.1, -0.05) is 72.8 Å². The van der Waals surface area contributed by atoms with Gasteiger partial charge >= 0.3 is 0 Å². The Kier molecular flexibility index (Phi) is 6.47. The molecule has 0 aliphatic heterocycles. The van der Waals surface area contributed by atoms with Crippen molar-refractivity contribution in [2.24, 2.45) is 0 Å². The van der Waals surface area contributed by atoms with E-state index >= 15 is 0 Å². The molecule has 10 aromatic carbocycles. The van der Waals surface area contributed by atoms with Crippen molar-refractivity contribution in [1.82, 2.24) is 0 Å². The van der Waals surface area contributed by atoms with E-state index in [2.05, 4.69) is 127 Å². The fraction of sp³-hybridized carbons (Fsp3) is 0. The molecular weight excluding hydrogens is 817 g/mol. The highest BCUT2D eigenvalue weighted by Crippen LogP contribution is 2.44. The summed E-state index contributed by atoms with van der Waals surface area (Å²) >= 11 is 0. The molecule has 0 aliphatic rings. The third-order valence-electron chi connectivity index (χ3n) is 13.8. The average molecular weight is 847 g/mol. The highest BCUT2D eigenvalue weighted by atomic mass is 16.4. The zero-order valence-electron chi connectivity index (χ0n) is 34.8. The maximum Gasteiger partial charge on any atom is 0.136 e. The average Bonchev–Trinajstić information content (AvgIpc) is 4.21. The van der Waals surface area contributed by atoms with Crippen molar-refractivity contribution in [3.8, 4) is 33.4 Å². The van der Waals surface area contributed by atoms with E-state index in [0.29, 0.717) is 0 Å². The fourth-order valence-electron chi connectivity index (χ4n) is 10.6. The molecule has 0 amide bonds. The van der Waals surface area contributed by atoms with Crippen molar-refractivity contribution in [2.75, 3.05) is 0 Å². The Balaban J connectivity index is 0.898. The molecule has 16 aromatic rings. The van der Waals surface area contributed by atoms with Gasteiger partial charge in [0.15, 0.2) is 0 Å². The van der Waals surface area contributed by atoms with Gasteiger partial charge in [-0.05, 0) is 143 Å². The molecule has 16 rings (SSSR count). The molecule has 0 radical (unpaired) electrons. The van der Waals surface area contributed by atoms with E-state index < -0.39 is 0 Å². The maximum absolute atomic E-state index is 6.51. The molecule has 6 heteroatoms. The standard InChI is InChI=1S/C60H30O6/c1-4-10-49-37(7-1)43-25-58-46(28-55(43)61-49)40-22-31(13-16-52(40)64-58)34-19-35(32-14-17-53-41(23-32)47-29-56-44(26-59(47)65-53)38-8-2-5-11-50(38)62-56)21-36(20-34)33-15-18-54-42(24-33)48-30-57-45(27-60(48)66-54)39-9-3-6-12-51(39)63-57/h1-30H. The monoisotopic (exact) mass is 846 g/mol. The van der Waals surface area contributed by atoms with E-state index in [1.165, 1.54) is 0 Å². The van der Waals surface area contributed by atoms with Gasteiger partial charge in [0.2, 0.25) is 0 Å². The summed E-state index contributed by atoms with van der Waals surface area (Å²) in [6.45, 7) is 0. The molecule has 306 valence electrons. The number of furan rings is 6. The number of benzene rings is 10. The number of para-hydroxylation sites is 3. The van der Waals surface area contributed by atoms with Crippen LogP contribution in [0.3, 0.4) is 0 Å². The van der Waals surface area contributed by atoms with E-state index in [4.69, 9.17) is 26.5 Å². The highest BCUT2D eigenvalue weighted by Gasteiger charge is 2.19. The lowest BCUT2D eigenvalue weighted by Crippen LogP contribution is -1.87. The predicted molar refractivity (Wildman–Crippen MR) is 266 cm³/mol. The molecule has 6 aromatic heterocycles. The second-order valence-electron chi connectivity index (χ2n) is 17.6. The van der Waals surface area contributed by atoms with Gasteiger partial charge in [0.1, 0.15) is 67.0 Å². The minimum atomic E-state index is 0.828. The van der Waals surface area contributed by atoms with E-state index in [1.54, 1.807) is 0 Å². The van der Waals surface area contributed by atoms with Gasteiger partial charge in [-0.3, -0.25) is 0 Å². The van der Waals surface area contributed by atoms with Crippen LogP contribution >= 0.6 is 0 Å². The zero-order chi connectivity index (χ0) is 42.8. The Morgan fingerprint density at radius 2 is 0.379 bits per heavy atom. The van der Waals surface area contributed by atoms with Crippen LogP contribution in [-0.2, 0) is 0 Å². The van der Waals surface area contributed by atoms with Crippen molar-refractivity contribution < 1.29 is 26.5 Å². The van der Waals surface area contributed by atoms with Crippen molar-refractivity contribution in [1.29, 1.82) is 0 Å². The van der Waals surface area contributed by atoms with Crippen LogP contribution in [-0.4, -0.2) is 0 Å². The Labute approximate surface area is 372 Å². The largest absolute Gasteiger partial charge is 0.456 e. The Hall–Kier alpha value is -9.00. The van der Waals surface area contributed by atoms with E-state index in [-0.39, 0.29) is 0 Å². The molecule has 6 heterocycles. The molecule has 0 N–H and O–H groups in total. The van der Waals surface area contributed by atoms with E-state index in [1.807, 2.05) is 54.6 Å². The molecule has 0 saturated carbocycles. The van der Waals surface area contributed by atoms with Crippen molar-refractivity contribution in [3.05, 3.63) is 182 Å². The topological polar surface area (TPSA) is 78.8 Å². The Morgan fingerprint density at radius 3 is 0.667 bits per heavy atom. The minimum Gasteiger partial charge on any atom is -0.456 e. The zero-order valence-corrected chi connectivity index (χ0v) is 34.8. The maximum atomic E-state index is 6.51. The lowest BCUT2D eigenvalue weighted by atomic mass is 9.92. The van der Waals surface area contributed by atoms with Gasteiger partial charge < -0.3 is 26.5 Å². The molecule has 0 bridgehead atoms. The van der Waals surface area contributed by atoms with Crippen LogP contribution in [0.4, 0.5) is 0 Å². The Bertz CT molecular complexity index is 4280. The third kappa shape index (κ3) is 4.79. The number of rotatable bonds is 3. The number of hydrogen-bond acceptors (Lipinski definition) is 6. The molecule has 66 heavy (non-hydrogen) atoms. The fourth-order valence-corrected chi connectivity index (χ4v) is 10.6. The summed E-state index contributed by atoms with van der Waals surface area (Å²) in [7, 11) is 0. The third-order valence-corrected chi connectivity index (χ3v) is 13.8. The normalized spacial score (nSPS) is 12.5. The van der Waals surface area contributed by atoms with E-state index in [0.717, 1.165) is 165 Å². The van der Waals surface area contributed by atoms with Gasteiger partial charge in [0.05, 0.1) is 0 Å². The number of fused-ring (bicyclic) bond motifs is 18. The molecule has 0 spiro atoms. The van der Waals surface area contributed by atoms with Crippen LogP contribution in [0.2, 0.25) is 0 Å². The molecule has 6 nitrogen and oxygen atoms in total. The first-order valence-corrected chi connectivity index (χ1v) is 22.1. The summed E-state index contributed by atoms with van der Waals surface area (Å²) < 4.78 is 38.5. The summed E-state index contributed by atoms with van der Waals surface area (Å²) in [4.78, 5) is 0. The van der Waals surface area contributed by atoms with Gasteiger partial charge in [0, 0.05) is 64.6 Å². The molecule has 0 saturated heterocycles. The molecule has 0 fully saturated rings. The second kappa shape index (κ2) is 12.4. The molecule has 0 atom stereocenters. The first kappa shape index (κ1) is 34.5. The second-order valence-corrected chi connectivity index (χ2v) is 17.6. The predicted octanol–water partition coefficient (Wildman–Crippen LogP) is 18.1. The van der Waals surface area contributed by atoms with Crippen molar-refractivity contribution in [2.45, 2.75) is 0 Å². The highest BCUT2D eigenvalue weighted by molar-refractivity contribution is 6.18. The number of hydrogen-bond donors (Lipinski definition) is 0. The summed E-state index contributed by atoms with van der Waals surface area (Å²) in [5.74, 6) is 0. The van der Waals surface area contributed by atoms with Gasteiger partial charge in [0.25, 0.3) is 0 Å². The van der Waals surface area contributed by atoms with Gasteiger partial charge in [-0.25, -0.2) is 0 Å². The van der Waals surface area contributed by atoms with Crippen LogP contribution < -0.4 is 0 Å². The first-order valence-electron chi connectivity index (χ1n) is 22.1. The quantitative estimate of drug-likeness (QED) is 0.176. The molecule has 0 unspecified atom stereocenters. The van der Waals surface area contributed by atoms with Crippen molar-refractivity contribution in [3.63, 3.8) is 0 Å². The summed E-state index contributed by atoms with van der Waals surface area (Å²) in [6, 6.07) is 63.5. The van der Waals surface area contributed by atoms with Crippen LogP contribution in [0.5, 0.6) is 0 Å². The summed E-state index contributed by atoms with van der Waals surface area (Å²) in [5, 5.41) is 12.5. The smallest absolute Gasteiger partial charge is 0.136 e. The lowest BCUT2D eigenvalue weighted by Gasteiger charge is -2.12. The van der Waals surface area contributed by atoms with Crippen LogP contribution in [0.25, 0.3) is 165 Å². The summed E-state index contributed by atoms with van der Waals surface area (Å²) in [6.07, 6.45) is 0.